The summed E-state index contributed by atoms with van der Waals surface area (Å²) < 4.78 is 10.9. The molecule has 0 heterocycles. The van der Waals surface area contributed by atoms with Crippen LogP contribution in [0.5, 0.6) is 11.5 Å². The molecule has 0 bridgehead atoms. The zero-order chi connectivity index (χ0) is 17.0. The molecule has 0 unspecified atom stereocenters. The fourth-order valence-corrected chi connectivity index (χ4v) is 1.39. The van der Waals surface area contributed by atoms with Crippen molar-refractivity contribution < 1.29 is 29.3 Å². The molecule has 0 saturated heterocycles. The van der Waals surface area contributed by atoms with Gasteiger partial charge in [0, 0.05) is 6.54 Å². The van der Waals surface area contributed by atoms with Crippen LogP contribution in [0.4, 0.5) is 0 Å². The monoisotopic (exact) mass is 311 g/mol. The largest absolute Gasteiger partial charge is 0.493 e. The first kappa shape index (κ1) is 19.5. The third-order valence-electron chi connectivity index (χ3n) is 2.40. The van der Waals surface area contributed by atoms with Crippen LogP contribution in [0.3, 0.4) is 0 Å². The summed E-state index contributed by atoms with van der Waals surface area (Å²) in [6.07, 6.45) is 2.71. The van der Waals surface area contributed by atoms with E-state index < -0.39 is 11.9 Å². The van der Waals surface area contributed by atoms with Crippen LogP contribution in [-0.2, 0) is 16.0 Å². The van der Waals surface area contributed by atoms with Gasteiger partial charge in [0.25, 0.3) is 0 Å². The number of hydrogen-bond donors (Lipinski definition) is 3. The minimum absolute atomic E-state index is 0.633. The molecule has 22 heavy (non-hydrogen) atoms. The predicted octanol–water partition coefficient (Wildman–Crippen LogP) is 1.18. The summed E-state index contributed by atoms with van der Waals surface area (Å²) in [5.74, 6) is -2.09. The summed E-state index contributed by atoms with van der Waals surface area (Å²) in [4.78, 5) is 18.2. The van der Waals surface area contributed by atoms with Crippen LogP contribution in [0.1, 0.15) is 5.56 Å². The molecular formula is C15H21NO6. The Morgan fingerprint density at radius 3 is 2.36 bits per heavy atom. The van der Waals surface area contributed by atoms with Gasteiger partial charge in [0.1, 0.15) is 6.61 Å². The Morgan fingerprint density at radius 2 is 1.91 bits per heavy atom. The highest BCUT2D eigenvalue weighted by Gasteiger charge is 2.05. The molecule has 7 nitrogen and oxygen atoms in total. The standard InChI is InChI=1S/C13H19NO2.C2H2O4/c1-4-5-11-6-7-12(13(10-11)15-3)16-9-8-14-2;3-1(4)2(5)6/h4,6-7,10,14H,1,5,8-9H2,2-3H3;(H,3,4)(H,5,6). The lowest BCUT2D eigenvalue weighted by Crippen LogP contribution is -2.16. The molecule has 0 fully saturated rings. The molecule has 0 aliphatic heterocycles. The van der Waals surface area contributed by atoms with E-state index >= 15 is 0 Å². The van der Waals surface area contributed by atoms with E-state index in [1.807, 2.05) is 31.3 Å². The van der Waals surface area contributed by atoms with Crippen molar-refractivity contribution in [3.8, 4) is 11.5 Å². The molecule has 0 aliphatic rings. The molecule has 0 aromatic heterocycles. The van der Waals surface area contributed by atoms with E-state index in [9.17, 15) is 0 Å². The Morgan fingerprint density at radius 1 is 1.27 bits per heavy atom. The van der Waals surface area contributed by atoms with Crippen molar-refractivity contribution in [1.29, 1.82) is 0 Å². The zero-order valence-corrected chi connectivity index (χ0v) is 12.7. The van der Waals surface area contributed by atoms with Crippen LogP contribution in [0, 0.1) is 0 Å². The first-order valence-corrected chi connectivity index (χ1v) is 6.47. The molecule has 122 valence electrons. The normalized spacial score (nSPS) is 9.18. The van der Waals surface area contributed by atoms with E-state index in [4.69, 9.17) is 29.3 Å². The summed E-state index contributed by atoms with van der Waals surface area (Å²) in [5.41, 5.74) is 1.17. The van der Waals surface area contributed by atoms with Crippen LogP contribution in [0.25, 0.3) is 0 Å². The third-order valence-corrected chi connectivity index (χ3v) is 2.40. The molecule has 1 aromatic rings. The number of benzene rings is 1. The zero-order valence-electron chi connectivity index (χ0n) is 12.7. The van der Waals surface area contributed by atoms with Crippen LogP contribution < -0.4 is 14.8 Å². The molecule has 7 heteroatoms. The molecule has 0 atom stereocenters. The van der Waals surface area contributed by atoms with Gasteiger partial charge in [-0.1, -0.05) is 12.1 Å². The van der Waals surface area contributed by atoms with Gasteiger partial charge in [-0.25, -0.2) is 9.59 Å². The van der Waals surface area contributed by atoms with E-state index in [2.05, 4.69) is 11.9 Å². The average molecular weight is 311 g/mol. The highest BCUT2D eigenvalue weighted by Crippen LogP contribution is 2.28. The predicted molar refractivity (Wildman–Crippen MR) is 81.6 cm³/mol. The maximum atomic E-state index is 9.10. The number of hydrogen-bond acceptors (Lipinski definition) is 5. The van der Waals surface area contributed by atoms with Gasteiger partial charge in [-0.05, 0) is 31.2 Å². The summed E-state index contributed by atoms with van der Waals surface area (Å²) >= 11 is 0. The Balaban J connectivity index is 0.000000626. The van der Waals surface area contributed by atoms with Crippen LogP contribution >= 0.6 is 0 Å². The second kappa shape index (κ2) is 11.2. The fourth-order valence-electron chi connectivity index (χ4n) is 1.39. The molecular weight excluding hydrogens is 290 g/mol. The molecule has 0 spiro atoms. The summed E-state index contributed by atoms with van der Waals surface area (Å²) in [5, 5.41) is 17.8. The van der Waals surface area contributed by atoms with E-state index in [0.29, 0.717) is 6.61 Å². The van der Waals surface area contributed by atoms with E-state index in [1.165, 1.54) is 5.56 Å². The lowest BCUT2D eigenvalue weighted by Gasteiger charge is -2.11. The summed E-state index contributed by atoms with van der Waals surface area (Å²) in [6, 6.07) is 5.95. The van der Waals surface area contributed by atoms with Gasteiger partial charge in [-0.2, -0.15) is 0 Å². The Kier molecular flexibility index (Phi) is 9.87. The molecule has 0 radical (unpaired) electrons. The van der Waals surface area contributed by atoms with E-state index in [0.717, 1.165) is 24.5 Å². The number of carbonyl (C=O) groups is 2. The Hall–Kier alpha value is -2.54. The van der Waals surface area contributed by atoms with Gasteiger partial charge >= 0.3 is 11.9 Å². The average Bonchev–Trinajstić information content (AvgIpc) is 2.49. The lowest BCUT2D eigenvalue weighted by atomic mass is 10.1. The third kappa shape index (κ3) is 7.91. The summed E-state index contributed by atoms with van der Waals surface area (Å²) in [6.45, 7) is 5.16. The van der Waals surface area contributed by atoms with Crippen molar-refractivity contribution >= 4 is 11.9 Å². The minimum atomic E-state index is -1.82. The van der Waals surface area contributed by atoms with Crippen molar-refractivity contribution in [3.05, 3.63) is 36.4 Å². The maximum Gasteiger partial charge on any atom is 0.414 e. The number of nitrogens with one attached hydrogen (secondary N) is 1. The van der Waals surface area contributed by atoms with Gasteiger partial charge in [-0.3, -0.25) is 0 Å². The molecule has 0 saturated carbocycles. The van der Waals surface area contributed by atoms with Gasteiger partial charge in [0.05, 0.1) is 7.11 Å². The van der Waals surface area contributed by atoms with Crippen LogP contribution in [0.2, 0.25) is 0 Å². The molecule has 1 aromatic carbocycles. The second-order valence-corrected chi connectivity index (χ2v) is 4.04. The molecule has 0 aliphatic carbocycles. The van der Waals surface area contributed by atoms with Crippen molar-refractivity contribution in [1.82, 2.24) is 5.32 Å². The molecule has 1 rings (SSSR count). The van der Waals surface area contributed by atoms with Gasteiger partial charge in [0.2, 0.25) is 0 Å². The topological polar surface area (TPSA) is 105 Å². The smallest absolute Gasteiger partial charge is 0.414 e. The van der Waals surface area contributed by atoms with Gasteiger partial charge in [-0.15, -0.1) is 6.58 Å². The second-order valence-electron chi connectivity index (χ2n) is 4.04. The first-order chi connectivity index (χ1) is 10.5. The Bertz CT molecular complexity index is 489. The number of aliphatic carboxylic acids is 2. The first-order valence-electron chi connectivity index (χ1n) is 6.47. The highest BCUT2D eigenvalue weighted by molar-refractivity contribution is 6.27. The van der Waals surface area contributed by atoms with Crippen molar-refractivity contribution in [2.24, 2.45) is 0 Å². The van der Waals surface area contributed by atoms with Crippen molar-refractivity contribution in [2.75, 3.05) is 27.3 Å². The van der Waals surface area contributed by atoms with E-state index in [-0.39, 0.29) is 0 Å². The fraction of sp³-hybridized carbons (Fsp3) is 0.333. The van der Waals surface area contributed by atoms with Gasteiger partial charge in [0.15, 0.2) is 11.5 Å². The van der Waals surface area contributed by atoms with E-state index in [1.54, 1.807) is 7.11 Å². The highest BCUT2D eigenvalue weighted by atomic mass is 16.5. The SMILES string of the molecule is C=CCc1ccc(OCCNC)c(OC)c1.O=C(O)C(=O)O. The number of allylic oxidation sites excluding steroid dienone is 1. The lowest BCUT2D eigenvalue weighted by molar-refractivity contribution is -0.159. The van der Waals surface area contributed by atoms with Crippen molar-refractivity contribution in [2.45, 2.75) is 6.42 Å². The number of methoxy groups -OCH3 is 1. The maximum absolute atomic E-state index is 9.10. The van der Waals surface area contributed by atoms with Crippen LogP contribution in [0.15, 0.2) is 30.9 Å². The number of carboxylic acids is 2. The molecule has 3 N–H and O–H groups in total. The summed E-state index contributed by atoms with van der Waals surface area (Å²) in [7, 11) is 3.55. The molecule has 0 amide bonds. The number of ether oxygens (including phenoxy) is 2. The quantitative estimate of drug-likeness (QED) is 0.394. The number of rotatable bonds is 7. The minimum Gasteiger partial charge on any atom is -0.493 e. The van der Waals surface area contributed by atoms with Crippen molar-refractivity contribution in [3.63, 3.8) is 0 Å². The number of carboxylic acid groups (broad SMARTS) is 2. The Labute approximate surface area is 129 Å². The van der Waals surface area contributed by atoms with Crippen LogP contribution in [-0.4, -0.2) is 49.5 Å². The van der Waals surface area contributed by atoms with Gasteiger partial charge < -0.3 is 25.0 Å². The number of likely N-dealkylation sites (N-methyl/N-ethyl adjacent to an activating group) is 1.